The van der Waals surface area contributed by atoms with Crippen LogP contribution in [-0.4, -0.2) is 24.3 Å². The van der Waals surface area contributed by atoms with E-state index in [-0.39, 0.29) is 0 Å². The Balaban J connectivity index is 3.85. The van der Waals surface area contributed by atoms with Gasteiger partial charge in [-0.3, -0.25) is 4.79 Å². The highest BCUT2D eigenvalue weighted by molar-refractivity contribution is 5.64. The summed E-state index contributed by atoms with van der Waals surface area (Å²) in [7, 11) is 0. The maximum Gasteiger partial charge on any atom is 0.144 e. The van der Waals surface area contributed by atoms with Gasteiger partial charge in [0.2, 0.25) is 0 Å². The van der Waals surface area contributed by atoms with E-state index in [1.165, 1.54) is 6.08 Å². The van der Waals surface area contributed by atoms with Crippen LogP contribution in [0.3, 0.4) is 0 Å². The van der Waals surface area contributed by atoms with Crippen molar-refractivity contribution in [2.75, 3.05) is 13.1 Å². The molecule has 0 aliphatic carbocycles. The molecule has 0 aliphatic rings. The van der Waals surface area contributed by atoms with Crippen molar-refractivity contribution in [3.63, 3.8) is 0 Å². The molecule has 0 aromatic rings. The van der Waals surface area contributed by atoms with E-state index in [2.05, 4.69) is 13.2 Å². The first-order valence-corrected chi connectivity index (χ1v) is 3.43. The van der Waals surface area contributed by atoms with Crippen molar-refractivity contribution < 1.29 is 4.79 Å². The van der Waals surface area contributed by atoms with Gasteiger partial charge in [0.05, 0.1) is 0 Å². The monoisotopic (exact) mass is 151 g/mol. The van der Waals surface area contributed by atoms with Crippen molar-refractivity contribution in [3.05, 3.63) is 37.6 Å². The van der Waals surface area contributed by atoms with Crippen molar-refractivity contribution in [1.82, 2.24) is 4.90 Å². The molecule has 0 aromatic heterocycles. The fourth-order valence-corrected chi connectivity index (χ4v) is 0.685. The molecule has 0 saturated heterocycles. The summed E-state index contributed by atoms with van der Waals surface area (Å²) in [4.78, 5) is 11.9. The number of carbonyl (C=O) groups is 1. The zero-order valence-electron chi connectivity index (χ0n) is 6.57. The topological polar surface area (TPSA) is 20.3 Å². The lowest BCUT2D eigenvalue weighted by molar-refractivity contribution is -0.104. The normalized spacial score (nSPS) is 9.45. The summed E-state index contributed by atoms with van der Waals surface area (Å²) in [6, 6.07) is 0. The highest BCUT2D eigenvalue weighted by Gasteiger charge is 1.89. The number of nitrogens with zero attached hydrogens (tertiary/aromatic N) is 1. The molecule has 0 unspecified atom stereocenters. The Hall–Kier alpha value is -1.31. The molecule has 11 heavy (non-hydrogen) atoms. The third kappa shape index (κ3) is 5.15. The van der Waals surface area contributed by atoms with Crippen LogP contribution in [0.15, 0.2) is 37.6 Å². The Morgan fingerprint density at radius 2 is 1.73 bits per heavy atom. The van der Waals surface area contributed by atoms with Crippen LogP contribution >= 0.6 is 0 Å². The lowest BCUT2D eigenvalue weighted by Crippen LogP contribution is -2.16. The molecule has 0 fully saturated rings. The van der Waals surface area contributed by atoms with Gasteiger partial charge in [-0.05, 0) is 6.08 Å². The summed E-state index contributed by atoms with van der Waals surface area (Å²) < 4.78 is 0. The number of allylic oxidation sites excluding steroid dienone is 1. The number of hydrogen-bond acceptors (Lipinski definition) is 2. The predicted octanol–water partition coefficient (Wildman–Crippen LogP) is 1.37. The second-order valence-electron chi connectivity index (χ2n) is 2.01. The van der Waals surface area contributed by atoms with Gasteiger partial charge < -0.3 is 4.90 Å². The van der Waals surface area contributed by atoms with Crippen molar-refractivity contribution in [2.45, 2.75) is 0 Å². The van der Waals surface area contributed by atoms with E-state index >= 15 is 0 Å². The fraction of sp³-hybridized carbons (Fsp3) is 0.222. The second-order valence-corrected chi connectivity index (χ2v) is 2.01. The number of hydrogen-bond donors (Lipinski definition) is 0. The average Bonchev–Trinajstić information content (AvgIpc) is 2.01. The lowest BCUT2D eigenvalue weighted by atomic mass is 10.4. The van der Waals surface area contributed by atoms with Crippen molar-refractivity contribution in [1.29, 1.82) is 0 Å². The molecule has 0 radical (unpaired) electrons. The van der Waals surface area contributed by atoms with Gasteiger partial charge in [-0.15, -0.1) is 13.2 Å². The Morgan fingerprint density at radius 1 is 1.18 bits per heavy atom. The van der Waals surface area contributed by atoms with Gasteiger partial charge in [-0.25, -0.2) is 0 Å². The molecule has 0 N–H and O–H groups in total. The summed E-state index contributed by atoms with van der Waals surface area (Å²) >= 11 is 0. The van der Waals surface area contributed by atoms with E-state index in [0.717, 1.165) is 19.4 Å². The van der Waals surface area contributed by atoms with Gasteiger partial charge in [0, 0.05) is 19.3 Å². The molecular formula is C9H13NO. The molecule has 0 rings (SSSR count). The Morgan fingerprint density at radius 3 is 2.09 bits per heavy atom. The minimum absolute atomic E-state index is 0.732. The zero-order valence-corrected chi connectivity index (χ0v) is 6.57. The molecule has 0 aliphatic heterocycles. The van der Waals surface area contributed by atoms with E-state index < -0.39 is 0 Å². The van der Waals surface area contributed by atoms with E-state index in [9.17, 15) is 4.79 Å². The average molecular weight is 151 g/mol. The molecule has 0 atom stereocenters. The molecule has 0 bridgehead atoms. The Bertz CT molecular complexity index is 151. The summed E-state index contributed by atoms with van der Waals surface area (Å²) in [5.41, 5.74) is 0. The molecule has 0 heterocycles. The summed E-state index contributed by atoms with van der Waals surface area (Å²) in [6.45, 7) is 8.65. The lowest BCUT2D eigenvalue weighted by Gasteiger charge is -2.14. The van der Waals surface area contributed by atoms with Crippen LogP contribution in [0.5, 0.6) is 0 Å². The first kappa shape index (κ1) is 9.69. The summed E-state index contributed by atoms with van der Waals surface area (Å²) in [5.74, 6) is 0. The highest BCUT2D eigenvalue weighted by atomic mass is 16.1. The van der Waals surface area contributed by atoms with Crippen LogP contribution in [0.4, 0.5) is 0 Å². The molecular weight excluding hydrogens is 138 g/mol. The summed E-state index contributed by atoms with van der Waals surface area (Å²) in [5, 5.41) is 0. The Labute approximate surface area is 67.5 Å². The molecule has 60 valence electrons. The predicted molar refractivity (Wildman–Crippen MR) is 47.2 cm³/mol. The van der Waals surface area contributed by atoms with Gasteiger partial charge in [0.1, 0.15) is 6.29 Å². The number of aldehydes is 1. The van der Waals surface area contributed by atoms with Crippen LogP contribution in [-0.2, 0) is 4.79 Å². The molecule has 2 heteroatoms. The first-order chi connectivity index (χ1) is 5.35. The number of carbonyl (C=O) groups excluding carboxylic acids is 1. The minimum atomic E-state index is 0.732. The first-order valence-electron chi connectivity index (χ1n) is 3.43. The molecule has 0 aromatic carbocycles. The SMILES string of the molecule is C=CCN(/C=C/C=O)CC=C. The van der Waals surface area contributed by atoms with Crippen LogP contribution in [0, 0.1) is 0 Å². The van der Waals surface area contributed by atoms with Gasteiger partial charge >= 0.3 is 0 Å². The van der Waals surface area contributed by atoms with Crippen LogP contribution in [0.25, 0.3) is 0 Å². The number of rotatable bonds is 6. The van der Waals surface area contributed by atoms with E-state index in [4.69, 9.17) is 0 Å². The summed E-state index contributed by atoms with van der Waals surface area (Å²) in [6.07, 6.45) is 7.47. The maximum atomic E-state index is 9.95. The fourth-order valence-electron chi connectivity index (χ4n) is 0.685. The molecule has 0 spiro atoms. The smallest absolute Gasteiger partial charge is 0.144 e. The largest absolute Gasteiger partial charge is 0.370 e. The van der Waals surface area contributed by atoms with E-state index in [1.54, 1.807) is 18.4 Å². The Kier molecular flexibility index (Phi) is 5.99. The third-order valence-electron chi connectivity index (χ3n) is 1.10. The zero-order chi connectivity index (χ0) is 8.53. The quantitative estimate of drug-likeness (QED) is 0.324. The highest BCUT2D eigenvalue weighted by Crippen LogP contribution is 1.89. The van der Waals surface area contributed by atoms with Gasteiger partial charge in [-0.2, -0.15) is 0 Å². The van der Waals surface area contributed by atoms with E-state index in [0.29, 0.717) is 0 Å². The maximum absolute atomic E-state index is 9.95. The molecule has 2 nitrogen and oxygen atoms in total. The standard InChI is InChI=1S/C9H13NO/c1-3-6-10(7-4-2)8-5-9-11/h3-5,8-9H,1-2,6-7H2/b8-5+. The van der Waals surface area contributed by atoms with Gasteiger partial charge in [0.25, 0.3) is 0 Å². The van der Waals surface area contributed by atoms with Crippen LogP contribution in [0.2, 0.25) is 0 Å². The molecule has 0 saturated carbocycles. The van der Waals surface area contributed by atoms with Crippen molar-refractivity contribution >= 4 is 6.29 Å². The van der Waals surface area contributed by atoms with Crippen LogP contribution < -0.4 is 0 Å². The second kappa shape index (κ2) is 6.81. The minimum Gasteiger partial charge on any atom is -0.370 e. The molecule has 0 amide bonds. The van der Waals surface area contributed by atoms with Gasteiger partial charge in [0.15, 0.2) is 0 Å². The van der Waals surface area contributed by atoms with Gasteiger partial charge in [-0.1, -0.05) is 12.2 Å². The van der Waals surface area contributed by atoms with Crippen LogP contribution in [0.1, 0.15) is 0 Å². The van der Waals surface area contributed by atoms with Crippen molar-refractivity contribution in [2.24, 2.45) is 0 Å². The van der Waals surface area contributed by atoms with Crippen molar-refractivity contribution in [3.8, 4) is 0 Å². The third-order valence-corrected chi connectivity index (χ3v) is 1.10. The van der Waals surface area contributed by atoms with E-state index in [1.807, 2.05) is 4.90 Å².